The Hall–Kier alpha value is -4.88. The van der Waals surface area contributed by atoms with Crippen molar-refractivity contribution in [2.24, 2.45) is 0 Å². The first-order chi connectivity index (χ1) is 21.5. The van der Waals surface area contributed by atoms with Crippen molar-refractivity contribution in [1.29, 1.82) is 0 Å². The third-order valence-electron chi connectivity index (χ3n) is 9.11. The topological polar surface area (TPSA) is 13.1 Å². The fourth-order valence-electron chi connectivity index (χ4n) is 6.56. The molecule has 45 heavy (non-hydrogen) atoms. The van der Waals surface area contributed by atoms with Gasteiger partial charge in [0.15, 0.2) is 0 Å². The summed E-state index contributed by atoms with van der Waals surface area (Å²) in [6.45, 7) is 18.4. The second-order valence-corrected chi connectivity index (χ2v) is 14.3. The van der Waals surface area contributed by atoms with Gasteiger partial charge in [0, 0.05) is 10.8 Å². The van der Waals surface area contributed by atoms with E-state index in [9.17, 15) is 0 Å². The third-order valence-corrected chi connectivity index (χ3v) is 9.11. The Morgan fingerprint density at radius 3 is 1.91 bits per heavy atom. The summed E-state index contributed by atoms with van der Waals surface area (Å²) in [7, 11) is 0. The molecule has 7 rings (SSSR count). The zero-order valence-electron chi connectivity index (χ0n) is 27.2. The number of furan rings is 1. The van der Waals surface area contributed by atoms with E-state index in [-0.39, 0.29) is 10.8 Å². The van der Waals surface area contributed by atoms with Crippen molar-refractivity contribution in [1.82, 2.24) is 0 Å². The molecule has 0 spiro atoms. The lowest BCUT2D eigenvalue weighted by molar-refractivity contribution is 0.590. The van der Waals surface area contributed by atoms with Gasteiger partial charge < -0.3 is 4.42 Å². The van der Waals surface area contributed by atoms with Crippen LogP contribution in [0.15, 0.2) is 126 Å². The van der Waals surface area contributed by atoms with Crippen molar-refractivity contribution in [3.63, 3.8) is 0 Å². The zero-order valence-corrected chi connectivity index (χ0v) is 27.2. The van der Waals surface area contributed by atoms with Crippen LogP contribution in [0.25, 0.3) is 66.1 Å². The summed E-state index contributed by atoms with van der Waals surface area (Å²) in [5, 5.41) is 8.35. The maximum Gasteiger partial charge on any atom is 0.142 e. The third kappa shape index (κ3) is 5.17. The quantitative estimate of drug-likeness (QED) is 0.148. The molecule has 0 saturated carbocycles. The van der Waals surface area contributed by atoms with Gasteiger partial charge in [-0.1, -0.05) is 145 Å². The number of hydrogen-bond acceptors (Lipinski definition) is 1. The highest BCUT2D eigenvalue weighted by molar-refractivity contribution is 6.19. The molecular weight excluding hydrogens is 544 g/mol. The lowest BCUT2D eigenvalue weighted by Crippen LogP contribution is -2.11. The summed E-state index contributed by atoms with van der Waals surface area (Å²) in [4.78, 5) is 0. The first kappa shape index (κ1) is 28.9. The van der Waals surface area contributed by atoms with Gasteiger partial charge in [-0.2, -0.15) is 0 Å². The van der Waals surface area contributed by atoms with Gasteiger partial charge in [-0.25, -0.2) is 0 Å². The molecule has 6 aromatic carbocycles. The predicted octanol–water partition coefficient (Wildman–Crippen LogP) is 12.9. The van der Waals surface area contributed by atoms with Gasteiger partial charge in [0.2, 0.25) is 0 Å². The minimum atomic E-state index is 0.0115. The van der Waals surface area contributed by atoms with E-state index in [0.717, 1.165) is 27.7 Å². The molecule has 1 heteroatoms. The molecule has 7 aromatic rings. The van der Waals surface area contributed by atoms with Crippen molar-refractivity contribution in [3.05, 3.63) is 144 Å². The summed E-state index contributed by atoms with van der Waals surface area (Å²) < 4.78 is 6.41. The number of hydrogen-bond donors (Lipinski definition) is 0. The van der Waals surface area contributed by atoms with Crippen LogP contribution in [0.1, 0.15) is 64.0 Å². The highest BCUT2D eigenvalue weighted by Crippen LogP contribution is 2.44. The number of benzene rings is 6. The minimum absolute atomic E-state index is 0.0115. The Labute approximate surface area is 266 Å². The van der Waals surface area contributed by atoms with Crippen molar-refractivity contribution in [3.8, 4) is 11.1 Å². The van der Waals surface area contributed by atoms with Crippen LogP contribution < -0.4 is 0 Å². The molecule has 0 unspecified atom stereocenters. The summed E-state index contributed by atoms with van der Waals surface area (Å²) in [5.41, 5.74) is 8.22. The molecule has 0 bridgehead atoms. The molecule has 0 fully saturated rings. The van der Waals surface area contributed by atoms with Crippen LogP contribution in [-0.4, -0.2) is 0 Å². The fraction of sp³-hybridized carbons (Fsp3) is 0.182. The average molecular weight is 585 g/mol. The fourth-order valence-corrected chi connectivity index (χ4v) is 6.56. The summed E-state index contributed by atoms with van der Waals surface area (Å²) >= 11 is 0. The largest absolute Gasteiger partial charge is 0.456 e. The molecule has 1 aromatic heterocycles. The first-order valence-corrected chi connectivity index (χ1v) is 15.9. The zero-order chi connectivity index (χ0) is 31.5. The molecule has 222 valence electrons. The van der Waals surface area contributed by atoms with Crippen LogP contribution >= 0.6 is 0 Å². The molecule has 0 radical (unpaired) electrons. The van der Waals surface area contributed by atoms with E-state index in [1.807, 2.05) is 0 Å². The van der Waals surface area contributed by atoms with Crippen LogP contribution in [0.5, 0.6) is 0 Å². The van der Waals surface area contributed by atoms with Gasteiger partial charge in [0.1, 0.15) is 11.3 Å². The molecule has 0 N–H and O–H groups in total. The molecule has 0 aliphatic carbocycles. The summed E-state index contributed by atoms with van der Waals surface area (Å²) in [5.74, 6) is 0.822. The van der Waals surface area contributed by atoms with Crippen LogP contribution in [0.4, 0.5) is 0 Å². The van der Waals surface area contributed by atoms with E-state index in [0.29, 0.717) is 0 Å². The molecule has 0 aliphatic heterocycles. The smallest absolute Gasteiger partial charge is 0.142 e. The highest BCUT2D eigenvalue weighted by atomic mass is 16.3. The van der Waals surface area contributed by atoms with Gasteiger partial charge in [-0.15, -0.1) is 0 Å². The minimum Gasteiger partial charge on any atom is -0.456 e. The summed E-state index contributed by atoms with van der Waals surface area (Å²) in [6, 6.07) is 39.6. The number of fused-ring (bicyclic) bond motifs is 5. The van der Waals surface area contributed by atoms with Gasteiger partial charge in [-0.3, -0.25) is 0 Å². The van der Waals surface area contributed by atoms with Gasteiger partial charge in [0.05, 0.1) is 0 Å². The summed E-state index contributed by atoms with van der Waals surface area (Å²) in [6.07, 6.45) is 4.19. The monoisotopic (exact) mass is 584 g/mol. The van der Waals surface area contributed by atoms with Crippen molar-refractivity contribution in [2.75, 3.05) is 0 Å². The lowest BCUT2D eigenvalue weighted by Gasteiger charge is -2.25. The van der Waals surface area contributed by atoms with E-state index < -0.39 is 0 Å². The Morgan fingerprint density at radius 2 is 1.20 bits per heavy atom. The maximum absolute atomic E-state index is 6.41. The van der Waals surface area contributed by atoms with E-state index in [2.05, 4.69) is 169 Å². The predicted molar refractivity (Wildman–Crippen MR) is 196 cm³/mol. The van der Waals surface area contributed by atoms with Gasteiger partial charge in [0.25, 0.3) is 0 Å². The van der Waals surface area contributed by atoms with Crippen molar-refractivity contribution >= 4 is 54.9 Å². The molecule has 1 heterocycles. The van der Waals surface area contributed by atoms with E-state index in [1.54, 1.807) is 0 Å². The van der Waals surface area contributed by atoms with E-state index in [1.165, 1.54) is 54.7 Å². The SMILES string of the molecule is C=C(/C=C\c1cc2ccc3ccccc3c2o1)c1c2cc(C(C)(C)C)ccc2c(-c2ccccc2)c2cc(C(C)(C)C)ccc12. The molecular formula is C44H40O. The second kappa shape index (κ2) is 10.6. The van der Waals surface area contributed by atoms with Gasteiger partial charge >= 0.3 is 0 Å². The first-order valence-electron chi connectivity index (χ1n) is 15.9. The molecule has 0 atom stereocenters. The average Bonchev–Trinajstić information content (AvgIpc) is 3.45. The maximum atomic E-state index is 6.41. The Bertz CT molecular complexity index is 2280. The Balaban J connectivity index is 1.48. The lowest BCUT2D eigenvalue weighted by atomic mass is 9.79. The Kier molecular flexibility index (Phi) is 6.82. The van der Waals surface area contributed by atoms with Crippen LogP contribution in [0.3, 0.4) is 0 Å². The highest BCUT2D eigenvalue weighted by Gasteiger charge is 2.22. The van der Waals surface area contributed by atoms with E-state index >= 15 is 0 Å². The molecule has 0 saturated heterocycles. The van der Waals surface area contributed by atoms with Crippen molar-refractivity contribution < 1.29 is 4.42 Å². The van der Waals surface area contributed by atoms with Gasteiger partial charge in [-0.05, 0) is 95.4 Å². The number of rotatable bonds is 4. The normalized spacial score (nSPS) is 12.7. The molecule has 0 amide bonds. The Morgan fingerprint density at radius 1 is 0.578 bits per heavy atom. The van der Waals surface area contributed by atoms with Crippen LogP contribution in [0, 0.1) is 0 Å². The van der Waals surface area contributed by atoms with Crippen molar-refractivity contribution in [2.45, 2.75) is 52.4 Å². The second-order valence-electron chi connectivity index (χ2n) is 14.3. The van der Waals surface area contributed by atoms with E-state index in [4.69, 9.17) is 4.42 Å². The van der Waals surface area contributed by atoms with Crippen LogP contribution in [0.2, 0.25) is 0 Å². The van der Waals surface area contributed by atoms with Crippen LogP contribution in [-0.2, 0) is 10.8 Å². The molecule has 0 aliphatic rings. The standard InChI is InChI=1S/C44H40O/c1-28(17-22-34-25-31-19-18-29-13-11-12-16-35(29)42(31)45-34)40-36-23-20-33(44(5,6)7)27-39(36)41(30-14-9-8-10-15-30)37-24-21-32(26-38(37)40)43(2,3)4/h8-27H,1H2,2-7H3/b22-17-. The number of allylic oxidation sites excluding steroid dienone is 2. The molecule has 1 nitrogen and oxygen atoms in total.